The summed E-state index contributed by atoms with van der Waals surface area (Å²) in [6.45, 7) is 1.73. The molecule has 84 valence electrons. The summed E-state index contributed by atoms with van der Waals surface area (Å²) in [6, 6.07) is 5.49. The summed E-state index contributed by atoms with van der Waals surface area (Å²) >= 11 is 0. The first-order valence-corrected chi connectivity index (χ1v) is 4.98. The van der Waals surface area contributed by atoms with E-state index in [9.17, 15) is 4.79 Å². The molecule has 0 heterocycles. The lowest BCUT2D eigenvalue weighted by Gasteiger charge is -2.12. The first kappa shape index (κ1) is 12.3. The van der Waals surface area contributed by atoms with Gasteiger partial charge in [0.1, 0.15) is 6.61 Å². The summed E-state index contributed by atoms with van der Waals surface area (Å²) in [5.74, 6) is 5.27. The molecule has 0 unspecified atom stereocenters. The minimum atomic E-state index is -0.205. The lowest BCUT2D eigenvalue weighted by molar-refractivity contribution is 0.0827. The van der Waals surface area contributed by atoms with E-state index in [1.165, 1.54) is 4.90 Å². The van der Waals surface area contributed by atoms with Crippen molar-refractivity contribution < 1.29 is 9.90 Å². The molecule has 0 saturated heterocycles. The third kappa shape index (κ3) is 2.85. The second-order valence-corrected chi connectivity index (χ2v) is 3.71. The van der Waals surface area contributed by atoms with Crippen molar-refractivity contribution in [2.24, 2.45) is 0 Å². The summed E-state index contributed by atoms with van der Waals surface area (Å²) in [5, 5.41) is 8.67. The van der Waals surface area contributed by atoms with Crippen LogP contribution < -0.4 is 0 Å². The van der Waals surface area contributed by atoms with Gasteiger partial charge in [0, 0.05) is 19.7 Å². The number of carbonyl (C=O) groups is 1. The van der Waals surface area contributed by atoms with Gasteiger partial charge in [0.05, 0.1) is 5.56 Å². The molecule has 0 saturated carbocycles. The highest BCUT2D eigenvalue weighted by Gasteiger charge is 2.11. The van der Waals surface area contributed by atoms with Gasteiger partial charge < -0.3 is 10.0 Å². The standard InChI is InChI=1S/C13H15NO2/c1-10-6-7-12(13(16)14(2)3)11(9-10)5-4-8-15/h6-7,9,15H,8H2,1-3H3. The minimum absolute atomic E-state index is 0.0813. The van der Waals surface area contributed by atoms with Crippen molar-refractivity contribution in [3.8, 4) is 11.8 Å². The maximum atomic E-state index is 11.8. The van der Waals surface area contributed by atoms with E-state index < -0.39 is 0 Å². The number of aryl methyl sites for hydroxylation is 1. The Labute approximate surface area is 95.7 Å². The lowest BCUT2D eigenvalue weighted by atomic mass is 10.0. The smallest absolute Gasteiger partial charge is 0.254 e. The number of hydrogen-bond donors (Lipinski definition) is 1. The first-order valence-electron chi connectivity index (χ1n) is 4.98. The van der Waals surface area contributed by atoms with Gasteiger partial charge in [-0.3, -0.25) is 4.79 Å². The molecule has 0 bridgehead atoms. The summed E-state index contributed by atoms with van der Waals surface area (Å²) in [4.78, 5) is 13.3. The lowest BCUT2D eigenvalue weighted by Crippen LogP contribution is -2.22. The molecule has 1 rings (SSSR count). The first-order chi connectivity index (χ1) is 7.56. The van der Waals surface area contributed by atoms with Crippen LogP contribution in [0.25, 0.3) is 0 Å². The highest BCUT2D eigenvalue weighted by Crippen LogP contribution is 2.12. The average Bonchev–Trinajstić information content (AvgIpc) is 2.25. The van der Waals surface area contributed by atoms with Crippen molar-refractivity contribution in [1.29, 1.82) is 0 Å². The maximum Gasteiger partial charge on any atom is 0.254 e. The Balaban J connectivity index is 3.22. The zero-order valence-electron chi connectivity index (χ0n) is 9.74. The van der Waals surface area contributed by atoms with Crippen molar-refractivity contribution >= 4 is 5.91 Å². The van der Waals surface area contributed by atoms with Crippen LogP contribution in [0.2, 0.25) is 0 Å². The molecule has 0 spiro atoms. The third-order valence-corrected chi connectivity index (χ3v) is 2.11. The van der Waals surface area contributed by atoms with E-state index in [2.05, 4.69) is 11.8 Å². The summed E-state index contributed by atoms with van der Waals surface area (Å²) in [6.07, 6.45) is 0. The molecule has 1 aromatic carbocycles. The molecule has 1 aromatic rings. The highest BCUT2D eigenvalue weighted by atomic mass is 16.2. The van der Waals surface area contributed by atoms with Crippen LogP contribution in [0, 0.1) is 18.8 Å². The second-order valence-electron chi connectivity index (χ2n) is 3.71. The molecule has 0 aliphatic rings. The number of aliphatic hydroxyl groups is 1. The SMILES string of the molecule is Cc1ccc(C(=O)N(C)C)c(C#CCO)c1. The molecule has 16 heavy (non-hydrogen) atoms. The Hall–Kier alpha value is -1.79. The third-order valence-electron chi connectivity index (χ3n) is 2.11. The molecule has 3 nitrogen and oxygen atoms in total. The molecular weight excluding hydrogens is 202 g/mol. The van der Waals surface area contributed by atoms with E-state index in [4.69, 9.17) is 5.11 Å². The normalized spacial score (nSPS) is 9.25. The molecule has 0 aliphatic carbocycles. The van der Waals surface area contributed by atoms with Crippen LogP contribution in [-0.2, 0) is 0 Å². The van der Waals surface area contributed by atoms with Gasteiger partial charge in [0.2, 0.25) is 0 Å². The van der Waals surface area contributed by atoms with Crippen molar-refractivity contribution in [3.05, 3.63) is 34.9 Å². The topological polar surface area (TPSA) is 40.5 Å². The fourth-order valence-electron chi connectivity index (χ4n) is 1.32. The molecule has 3 heteroatoms. The molecular formula is C13H15NO2. The fourth-order valence-corrected chi connectivity index (χ4v) is 1.32. The van der Waals surface area contributed by atoms with Gasteiger partial charge in [-0.25, -0.2) is 0 Å². The number of aliphatic hydroxyl groups excluding tert-OH is 1. The zero-order chi connectivity index (χ0) is 12.1. The Morgan fingerprint density at radius 3 is 2.69 bits per heavy atom. The van der Waals surface area contributed by atoms with Crippen LogP contribution in [0.4, 0.5) is 0 Å². The Morgan fingerprint density at radius 2 is 2.12 bits per heavy atom. The van der Waals surface area contributed by atoms with Crippen LogP contribution in [0.5, 0.6) is 0 Å². The van der Waals surface area contributed by atoms with E-state index in [1.54, 1.807) is 20.2 Å². The minimum Gasteiger partial charge on any atom is -0.384 e. The van der Waals surface area contributed by atoms with Crippen LogP contribution in [-0.4, -0.2) is 36.6 Å². The van der Waals surface area contributed by atoms with Gasteiger partial charge >= 0.3 is 0 Å². The largest absolute Gasteiger partial charge is 0.384 e. The van der Waals surface area contributed by atoms with Gasteiger partial charge in [-0.05, 0) is 24.6 Å². The van der Waals surface area contributed by atoms with Crippen LogP contribution in [0.1, 0.15) is 21.5 Å². The molecule has 0 radical (unpaired) electrons. The number of carbonyl (C=O) groups excluding carboxylic acids is 1. The summed E-state index contributed by atoms with van der Waals surface area (Å²) in [5.41, 5.74) is 2.27. The monoisotopic (exact) mass is 217 g/mol. The van der Waals surface area contributed by atoms with Gasteiger partial charge in [0.15, 0.2) is 0 Å². The Bertz CT molecular complexity index is 453. The van der Waals surface area contributed by atoms with E-state index >= 15 is 0 Å². The fraction of sp³-hybridized carbons (Fsp3) is 0.308. The molecule has 1 N–H and O–H groups in total. The molecule has 0 fully saturated rings. The van der Waals surface area contributed by atoms with Crippen LogP contribution in [0.3, 0.4) is 0 Å². The average molecular weight is 217 g/mol. The van der Waals surface area contributed by atoms with Crippen molar-refractivity contribution in [1.82, 2.24) is 4.90 Å². The van der Waals surface area contributed by atoms with E-state index in [0.29, 0.717) is 11.1 Å². The summed E-state index contributed by atoms with van der Waals surface area (Å²) < 4.78 is 0. The predicted molar refractivity (Wildman–Crippen MR) is 63.2 cm³/mol. The van der Waals surface area contributed by atoms with E-state index in [-0.39, 0.29) is 12.5 Å². The molecule has 0 aromatic heterocycles. The highest BCUT2D eigenvalue weighted by molar-refractivity contribution is 5.96. The Morgan fingerprint density at radius 1 is 1.44 bits per heavy atom. The van der Waals surface area contributed by atoms with E-state index in [0.717, 1.165) is 5.56 Å². The van der Waals surface area contributed by atoms with Gasteiger partial charge in [-0.1, -0.05) is 17.9 Å². The predicted octanol–water partition coefficient (Wildman–Crippen LogP) is 1.04. The number of hydrogen-bond acceptors (Lipinski definition) is 2. The zero-order valence-corrected chi connectivity index (χ0v) is 9.74. The van der Waals surface area contributed by atoms with Gasteiger partial charge in [-0.2, -0.15) is 0 Å². The van der Waals surface area contributed by atoms with Gasteiger partial charge in [0.25, 0.3) is 5.91 Å². The molecule has 0 atom stereocenters. The number of rotatable bonds is 1. The number of nitrogens with zero attached hydrogens (tertiary/aromatic N) is 1. The number of benzene rings is 1. The summed E-state index contributed by atoms with van der Waals surface area (Å²) in [7, 11) is 3.40. The van der Waals surface area contributed by atoms with Crippen molar-refractivity contribution in [3.63, 3.8) is 0 Å². The van der Waals surface area contributed by atoms with Crippen LogP contribution >= 0.6 is 0 Å². The van der Waals surface area contributed by atoms with Crippen molar-refractivity contribution in [2.45, 2.75) is 6.92 Å². The van der Waals surface area contributed by atoms with Gasteiger partial charge in [-0.15, -0.1) is 0 Å². The Kier molecular flexibility index (Phi) is 4.10. The van der Waals surface area contributed by atoms with E-state index in [1.807, 2.05) is 19.1 Å². The maximum absolute atomic E-state index is 11.8. The number of amides is 1. The molecule has 1 amide bonds. The second kappa shape index (κ2) is 5.34. The molecule has 0 aliphatic heterocycles. The van der Waals surface area contributed by atoms with Crippen LogP contribution in [0.15, 0.2) is 18.2 Å². The quantitative estimate of drug-likeness (QED) is 0.714. The van der Waals surface area contributed by atoms with Crippen molar-refractivity contribution in [2.75, 3.05) is 20.7 Å².